The van der Waals surface area contributed by atoms with Gasteiger partial charge in [0.2, 0.25) is 0 Å². The Balaban J connectivity index is 1.16. The minimum atomic E-state index is -4.10. The number of amides is 1. The SMILES string of the molecule is COc1ccc(CCNC(=O)c2ccc(N3CC4CC(C3)c3cccc(=O)n3C4)c(NS(=O)(=O)c3ccc4c(c3)OCCO4)c2)cc1OC. The summed E-state index contributed by atoms with van der Waals surface area (Å²) in [6.45, 7) is 2.89. The number of fused-ring (bicyclic) bond motifs is 5. The first-order valence-corrected chi connectivity index (χ1v) is 17.7. The van der Waals surface area contributed by atoms with Crippen LogP contribution in [0.15, 0.2) is 82.5 Å². The number of rotatable bonds is 10. The minimum absolute atomic E-state index is 0.00461. The molecule has 0 aliphatic carbocycles. The summed E-state index contributed by atoms with van der Waals surface area (Å²) < 4.78 is 54.2. The average Bonchev–Trinajstić information content (AvgIpc) is 3.11. The number of sulfonamides is 1. The quantitative estimate of drug-likeness (QED) is 0.253. The molecule has 0 spiro atoms. The van der Waals surface area contributed by atoms with Gasteiger partial charge in [-0.2, -0.15) is 0 Å². The zero-order chi connectivity index (χ0) is 34.1. The van der Waals surface area contributed by atoms with Crippen LogP contribution in [0.4, 0.5) is 11.4 Å². The van der Waals surface area contributed by atoms with Crippen molar-refractivity contribution < 1.29 is 32.2 Å². The third-order valence-corrected chi connectivity index (χ3v) is 10.7. The molecule has 0 saturated carbocycles. The normalized spacial score (nSPS) is 17.9. The molecule has 3 aromatic carbocycles. The van der Waals surface area contributed by atoms with E-state index in [4.69, 9.17) is 18.9 Å². The Labute approximate surface area is 284 Å². The Morgan fingerprint density at radius 1 is 0.898 bits per heavy atom. The summed E-state index contributed by atoms with van der Waals surface area (Å²) >= 11 is 0. The van der Waals surface area contributed by atoms with Crippen LogP contribution in [-0.4, -0.2) is 66.0 Å². The van der Waals surface area contributed by atoms with Crippen molar-refractivity contribution in [2.45, 2.75) is 30.2 Å². The van der Waals surface area contributed by atoms with E-state index < -0.39 is 10.0 Å². The number of ether oxygens (including phenoxy) is 4. The van der Waals surface area contributed by atoms with Crippen LogP contribution < -0.4 is 39.4 Å². The number of hydrogen-bond acceptors (Lipinski definition) is 9. The van der Waals surface area contributed by atoms with Gasteiger partial charge in [-0.05, 0) is 72.9 Å². The summed E-state index contributed by atoms with van der Waals surface area (Å²) in [7, 11) is -0.952. The molecule has 2 unspecified atom stereocenters. The standard InChI is InChI=1S/C36H38N4O8S/c1-45-31-10-6-23(17-33(31)46-2)12-13-37-36(42)25-7-9-30(39-20-24-16-26(22-39)29-4-3-5-35(41)40(29)21-24)28(18-25)38-49(43,44)27-8-11-32-34(19-27)48-15-14-47-32/h3-11,17-19,24,26,38H,12-16,20-22H2,1-2H3,(H,37,42). The maximum absolute atomic E-state index is 13.8. The first-order valence-electron chi connectivity index (χ1n) is 16.2. The Morgan fingerprint density at radius 3 is 2.53 bits per heavy atom. The molecule has 2 N–H and O–H groups in total. The highest BCUT2D eigenvalue weighted by molar-refractivity contribution is 7.92. The van der Waals surface area contributed by atoms with Gasteiger partial charge in [0.15, 0.2) is 23.0 Å². The summed E-state index contributed by atoms with van der Waals surface area (Å²) in [4.78, 5) is 28.2. The van der Waals surface area contributed by atoms with Gasteiger partial charge in [0.1, 0.15) is 13.2 Å². The molecule has 0 radical (unpaired) electrons. The molecule has 49 heavy (non-hydrogen) atoms. The van der Waals surface area contributed by atoms with Crippen molar-refractivity contribution in [2.24, 2.45) is 5.92 Å². The van der Waals surface area contributed by atoms with E-state index >= 15 is 0 Å². The molecule has 3 aliphatic heterocycles. The smallest absolute Gasteiger partial charge is 0.262 e. The molecule has 2 bridgehead atoms. The van der Waals surface area contributed by atoms with Gasteiger partial charge in [-0.25, -0.2) is 8.42 Å². The lowest BCUT2D eigenvalue weighted by Crippen LogP contribution is -2.47. The molecular weight excluding hydrogens is 648 g/mol. The van der Waals surface area contributed by atoms with Gasteiger partial charge in [-0.1, -0.05) is 12.1 Å². The van der Waals surface area contributed by atoms with Gasteiger partial charge >= 0.3 is 0 Å². The predicted molar refractivity (Wildman–Crippen MR) is 184 cm³/mol. The van der Waals surface area contributed by atoms with E-state index in [1.54, 1.807) is 50.6 Å². The zero-order valence-electron chi connectivity index (χ0n) is 27.3. The van der Waals surface area contributed by atoms with Crippen molar-refractivity contribution in [3.05, 3.63) is 100.0 Å². The highest BCUT2D eigenvalue weighted by Crippen LogP contribution is 2.40. The molecule has 12 nitrogen and oxygen atoms in total. The van der Waals surface area contributed by atoms with E-state index in [-0.39, 0.29) is 33.9 Å². The third kappa shape index (κ3) is 6.62. The van der Waals surface area contributed by atoms with E-state index in [0.717, 1.165) is 17.7 Å². The third-order valence-electron chi connectivity index (χ3n) is 9.29. The molecule has 1 amide bonds. The van der Waals surface area contributed by atoms with Crippen LogP contribution in [0.25, 0.3) is 0 Å². The number of nitrogens with one attached hydrogen (secondary N) is 2. The second kappa shape index (κ2) is 13.4. The lowest BCUT2D eigenvalue weighted by Gasteiger charge is -2.44. The fourth-order valence-corrected chi connectivity index (χ4v) is 8.06. The van der Waals surface area contributed by atoms with Crippen LogP contribution in [0.3, 0.4) is 0 Å². The van der Waals surface area contributed by atoms with Gasteiger partial charge < -0.3 is 33.7 Å². The molecule has 4 heterocycles. The van der Waals surface area contributed by atoms with Crippen molar-refractivity contribution in [3.63, 3.8) is 0 Å². The average molecular weight is 687 g/mol. The molecule has 4 aromatic rings. The Bertz CT molecular complexity index is 2060. The molecule has 1 saturated heterocycles. The minimum Gasteiger partial charge on any atom is -0.493 e. The fraction of sp³-hybridized carbons (Fsp3) is 0.333. The summed E-state index contributed by atoms with van der Waals surface area (Å²) in [5.74, 6) is 2.03. The first-order chi connectivity index (χ1) is 23.7. The number of carbonyl (C=O) groups excluding carboxylic acids is 1. The summed E-state index contributed by atoms with van der Waals surface area (Å²) in [6.07, 6.45) is 1.49. The molecule has 13 heteroatoms. The van der Waals surface area contributed by atoms with Crippen LogP contribution in [0.1, 0.15) is 34.0 Å². The Kier molecular flexibility index (Phi) is 8.84. The van der Waals surface area contributed by atoms with Crippen molar-refractivity contribution in [1.82, 2.24) is 9.88 Å². The van der Waals surface area contributed by atoms with Crippen LogP contribution in [0, 0.1) is 5.92 Å². The van der Waals surface area contributed by atoms with E-state index in [0.29, 0.717) is 80.1 Å². The van der Waals surface area contributed by atoms with Gasteiger partial charge in [0.25, 0.3) is 21.5 Å². The van der Waals surface area contributed by atoms with Crippen LogP contribution >= 0.6 is 0 Å². The molecule has 256 valence electrons. The molecule has 2 atom stereocenters. The summed E-state index contributed by atoms with van der Waals surface area (Å²) in [5.41, 5.74) is 3.19. The molecule has 1 fully saturated rings. The summed E-state index contributed by atoms with van der Waals surface area (Å²) in [5, 5.41) is 2.95. The van der Waals surface area contributed by atoms with Crippen LogP contribution in [0.5, 0.6) is 23.0 Å². The van der Waals surface area contributed by atoms with Gasteiger partial charge in [-0.3, -0.25) is 14.3 Å². The number of methoxy groups -OCH3 is 2. The predicted octanol–water partition coefficient (Wildman–Crippen LogP) is 4.03. The van der Waals surface area contributed by atoms with Crippen molar-refractivity contribution in [1.29, 1.82) is 0 Å². The van der Waals surface area contributed by atoms with Gasteiger partial charge in [-0.15, -0.1) is 0 Å². The number of hydrogen-bond donors (Lipinski definition) is 2. The number of pyridine rings is 1. The van der Waals surface area contributed by atoms with E-state index in [1.807, 2.05) is 28.8 Å². The van der Waals surface area contributed by atoms with Crippen LogP contribution in [-0.2, 0) is 23.0 Å². The van der Waals surface area contributed by atoms with Crippen molar-refractivity contribution in [3.8, 4) is 23.0 Å². The van der Waals surface area contributed by atoms with Gasteiger partial charge in [0.05, 0.1) is 30.5 Å². The number of nitrogens with zero attached hydrogens (tertiary/aromatic N) is 2. The summed E-state index contributed by atoms with van der Waals surface area (Å²) in [6, 6.07) is 20.6. The van der Waals surface area contributed by atoms with Crippen molar-refractivity contribution >= 4 is 27.3 Å². The maximum atomic E-state index is 13.8. The molecule has 7 rings (SSSR count). The lowest BCUT2D eigenvalue weighted by atomic mass is 9.83. The number of carbonyl (C=O) groups is 1. The highest BCUT2D eigenvalue weighted by Gasteiger charge is 2.36. The Morgan fingerprint density at radius 2 is 1.71 bits per heavy atom. The van der Waals surface area contributed by atoms with E-state index in [2.05, 4.69) is 14.9 Å². The zero-order valence-corrected chi connectivity index (χ0v) is 28.1. The number of benzene rings is 3. The number of aromatic nitrogens is 1. The molecular formula is C36H38N4O8S. The van der Waals surface area contributed by atoms with Crippen molar-refractivity contribution in [2.75, 3.05) is 56.7 Å². The second-order valence-corrected chi connectivity index (χ2v) is 14.1. The first kappa shape index (κ1) is 32.4. The van der Waals surface area contributed by atoms with Gasteiger partial charge in [0, 0.05) is 55.5 Å². The van der Waals surface area contributed by atoms with Crippen LogP contribution in [0.2, 0.25) is 0 Å². The largest absolute Gasteiger partial charge is 0.493 e. The topological polar surface area (TPSA) is 137 Å². The second-order valence-electron chi connectivity index (χ2n) is 12.4. The van der Waals surface area contributed by atoms with E-state index in [1.165, 1.54) is 12.1 Å². The monoisotopic (exact) mass is 686 g/mol. The fourth-order valence-electron chi connectivity index (χ4n) is 6.98. The molecule has 1 aromatic heterocycles. The lowest BCUT2D eigenvalue weighted by molar-refractivity contribution is 0.0954. The van der Waals surface area contributed by atoms with E-state index in [9.17, 15) is 18.0 Å². The number of piperidine rings is 1. The maximum Gasteiger partial charge on any atom is 0.262 e. The highest BCUT2D eigenvalue weighted by atomic mass is 32.2. The molecule has 3 aliphatic rings. The Hall–Kier alpha value is -5.17. The number of anilines is 2.